The normalized spacial score (nSPS) is 16.4. The van der Waals surface area contributed by atoms with Crippen molar-refractivity contribution in [3.8, 4) is 0 Å². The zero-order chi connectivity index (χ0) is 20.0. The predicted octanol–water partition coefficient (Wildman–Crippen LogP) is 0.102. The number of carboxylic acid groups (broad SMARTS) is 1. The molecular weight excluding hydrogens is 374 g/mol. The molecule has 0 saturated heterocycles. The highest BCUT2D eigenvalue weighted by Gasteiger charge is 2.42. The molecule has 0 saturated carbocycles. The molecule has 1 aliphatic heterocycles. The second-order valence-corrected chi connectivity index (χ2v) is 7.11. The Labute approximate surface area is 156 Å². The van der Waals surface area contributed by atoms with E-state index in [-0.39, 0.29) is 21.8 Å². The molecule has 2 heterocycles. The zero-order valence-electron chi connectivity index (χ0n) is 14.6. The van der Waals surface area contributed by atoms with Gasteiger partial charge in [-0.2, -0.15) is 0 Å². The summed E-state index contributed by atoms with van der Waals surface area (Å²) in [7, 11) is 3.98. The Morgan fingerprint density at radius 3 is 2.30 bits per heavy atom. The minimum atomic E-state index is -1.33. The molecule has 0 fully saturated rings. The fourth-order valence-electron chi connectivity index (χ4n) is 2.94. The van der Waals surface area contributed by atoms with E-state index in [1.54, 1.807) is 6.07 Å². The number of carbonyl (C=O) groups is 3. The Hall–Kier alpha value is -3.14. The summed E-state index contributed by atoms with van der Waals surface area (Å²) < 4.78 is 1.87. The molecule has 1 atom stereocenters. The van der Waals surface area contributed by atoms with Crippen LogP contribution in [0.3, 0.4) is 0 Å². The number of thioether (sulfide) groups is 1. The van der Waals surface area contributed by atoms with Crippen LogP contribution in [-0.2, 0) is 18.9 Å². The molecule has 9 nitrogen and oxygen atoms in total. The third-order valence-corrected chi connectivity index (χ3v) is 5.61. The lowest BCUT2D eigenvalue weighted by Gasteiger charge is -2.31. The van der Waals surface area contributed by atoms with E-state index in [0.717, 1.165) is 25.8 Å². The molecule has 1 aromatic carbocycles. The Balaban J connectivity index is 2.17. The van der Waals surface area contributed by atoms with Crippen molar-refractivity contribution in [2.45, 2.75) is 10.1 Å². The van der Waals surface area contributed by atoms with Crippen molar-refractivity contribution in [3.05, 3.63) is 56.2 Å². The summed E-state index contributed by atoms with van der Waals surface area (Å²) in [5.74, 6) is -2.65. The van der Waals surface area contributed by atoms with Crippen LogP contribution >= 0.6 is 11.8 Å². The maximum absolute atomic E-state index is 13.0. The first kappa shape index (κ1) is 18.6. The summed E-state index contributed by atoms with van der Waals surface area (Å²) in [5.41, 5.74) is -1.78. The number of anilines is 1. The molecule has 0 aliphatic carbocycles. The van der Waals surface area contributed by atoms with Gasteiger partial charge in [0.05, 0.1) is 5.56 Å². The quantitative estimate of drug-likeness (QED) is 0.740. The number of benzene rings is 1. The number of aromatic nitrogens is 2. The number of carbonyl (C=O) groups excluding carboxylic acids is 2. The van der Waals surface area contributed by atoms with Crippen LogP contribution in [-0.4, -0.2) is 44.2 Å². The van der Waals surface area contributed by atoms with Crippen molar-refractivity contribution in [1.29, 1.82) is 0 Å². The van der Waals surface area contributed by atoms with Gasteiger partial charge in [0.25, 0.3) is 5.56 Å². The molecule has 140 valence electrons. The Morgan fingerprint density at radius 2 is 1.67 bits per heavy atom. The van der Waals surface area contributed by atoms with Gasteiger partial charge in [0.15, 0.2) is 11.0 Å². The van der Waals surface area contributed by atoms with Gasteiger partial charge < -0.3 is 5.11 Å². The van der Waals surface area contributed by atoms with E-state index in [0.29, 0.717) is 0 Å². The first-order valence-corrected chi connectivity index (χ1v) is 8.65. The van der Waals surface area contributed by atoms with Crippen LogP contribution in [0.25, 0.3) is 0 Å². The highest BCUT2D eigenvalue weighted by Crippen LogP contribution is 2.34. The highest BCUT2D eigenvalue weighted by molar-refractivity contribution is 8.01. The molecule has 1 amide bonds. The van der Waals surface area contributed by atoms with Gasteiger partial charge in [-0.25, -0.2) is 9.59 Å². The number of hydrogen-bond donors (Lipinski definition) is 1. The molecule has 1 unspecified atom stereocenters. The second kappa shape index (κ2) is 6.54. The van der Waals surface area contributed by atoms with Gasteiger partial charge in [-0.05, 0) is 12.1 Å². The number of Topliss-reactive ketones (excluding diaryl/α,β-unsaturated/α-hetero) is 1. The van der Waals surface area contributed by atoms with E-state index in [1.807, 2.05) is 0 Å². The first-order chi connectivity index (χ1) is 12.7. The summed E-state index contributed by atoms with van der Waals surface area (Å²) in [6.07, 6.45) is 0. The lowest BCUT2D eigenvalue weighted by atomic mass is 10.0. The Bertz CT molecular complexity index is 1120. The smallest absolute Gasteiger partial charge is 0.336 e. The van der Waals surface area contributed by atoms with Crippen LogP contribution in [0.2, 0.25) is 0 Å². The minimum Gasteiger partial charge on any atom is -0.478 e. The van der Waals surface area contributed by atoms with Crippen LogP contribution in [0.15, 0.2) is 38.8 Å². The number of aromatic carboxylic acids is 1. The van der Waals surface area contributed by atoms with E-state index in [1.165, 1.54) is 39.3 Å². The number of amides is 1. The largest absolute Gasteiger partial charge is 0.478 e. The van der Waals surface area contributed by atoms with Crippen molar-refractivity contribution in [2.75, 3.05) is 11.9 Å². The van der Waals surface area contributed by atoms with Crippen LogP contribution in [0.5, 0.6) is 0 Å². The lowest BCUT2D eigenvalue weighted by molar-refractivity contribution is -0.117. The molecular formula is C17H15N3O6S. The van der Waals surface area contributed by atoms with Crippen LogP contribution in [0.1, 0.15) is 20.7 Å². The second-order valence-electron chi connectivity index (χ2n) is 5.97. The molecule has 1 N–H and O–H groups in total. The van der Waals surface area contributed by atoms with Crippen LogP contribution < -0.4 is 16.1 Å². The van der Waals surface area contributed by atoms with Crippen molar-refractivity contribution in [3.63, 3.8) is 0 Å². The van der Waals surface area contributed by atoms with Crippen molar-refractivity contribution >= 4 is 35.2 Å². The lowest BCUT2D eigenvalue weighted by Crippen LogP contribution is -2.52. The minimum absolute atomic E-state index is 0.0510. The number of hydrogen-bond acceptors (Lipinski definition) is 6. The van der Waals surface area contributed by atoms with E-state index < -0.39 is 34.2 Å². The van der Waals surface area contributed by atoms with Gasteiger partial charge in [0.2, 0.25) is 5.91 Å². The summed E-state index contributed by atoms with van der Waals surface area (Å²) in [5, 5.41) is 7.97. The first-order valence-electron chi connectivity index (χ1n) is 7.77. The van der Waals surface area contributed by atoms with Crippen molar-refractivity contribution in [2.24, 2.45) is 14.1 Å². The SMILES string of the molecule is CN1C(=O)C(Sc2ccccc2C(=O)O)C(=O)c2c1n(C)c(=O)n(C)c2=O. The van der Waals surface area contributed by atoms with Crippen LogP contribution in [0, 0.1) is 0 Å². The van der Waals surface area contributed by atoms with Gasteiger partial charge in [0.1, 0.15) is 11.4 Å². The number of rotatable bonds is 3. The standard InChI is InChI=1S/C17H15N3O6S/c1-18-13-10(14(22)20(3)17(26)19(13)2)11(21)12(15(18)23)27-9-7-5-4-6-8(9)16(24)25/h4-7,12H,1-3H3,(H,24,25). The Kier molecular flexibility index (Phi) is 4.52. The van der Waals surface area contributed by atoms with Gasteiger partial charge in [-0.3, -0.25) is 28.4 Å². The van der Waals surface area contributed by atoms with Crippen molar-refractivity contribution < 1.29 is 19.5 Å². The summed E-state index contributed by atoms with van der Waals surface area (Å²) in [6.45, 7) is 0. The van der Waals surface area contributed by atoms with E-state index in [2.05, 4.69) is 0 Å². The third-order valence-electron chi connectivity index (χ3n) is 4.35. The third kappa shape index (κ3) is 2.78. The maximum Gasteiger partial charge on any atom is 0.336 e. The zero-order valence-corrected chi connectivity index (χ0v) is 15.4. The fourth-order valence-corrected chi connectivity index (χ4v) is 4.12. The molecule has 0 spiro atoms. The fraction of sp³-hybridized carbons (Fsp3) is 0.235. The van der Waals surface area contributed by atoms with E-state index in [9.17, 15) is 29.1 Å². The van der Waals surface area contributed by atoms with Gasteiger partial charge in [-0.1, -0.05) is 12.1 Å². The average Bonchev–Trinajstić information content (AvgIpc) is 2.64. The van der Waals surface area contributed by atoms with Gasteiger partial charge >= 0.3 is 11.7 Å². The molecule has 10 heteroatoms. The molecule has 2 aromatic rings. The number of fused-ring (bicyclic) bond motifs is 1. The summed E-state index contributed by atoms with van der Waals surface area (Å²) >= 11 is 0.771. The molecule has 1 aliphatic rings. The molecule has 0 bridgehead atoms. The predicted molar refractivity (Wildman–Crippen MR) is 97.7 cm³/mol. The monoisotopic (exact) mass is 389 g/mol. The summed E-state index contributed by atoms with van der Waals surface area (Å²) in [6, 6.07) is 5.98. The molecule has 3 rings (SSSR count). The highest BCUT2D eigenvalue weighted by atomic mass is 32.2. The van der Waals surface area contributed by atoms with E-state index in [4.69, 9.17) is 0 Å². The number of nitrogens with zero attached hydrogens (tertiary/aromatic N) is 3. The maximum atomic E-state index is 13.0. The Morgan fingerprint density at radius 1 is 1.04 bits per heavy atom. The topological polar surface area (TPSA) is 119 Å². The average molecular weight is 389 g/mol. The number of ketones is 1. The van der Waals surface area contributed by atoms with Crippen LogP contribution in [0.4, 0.5) is 5.82 Å². The number of carboxylic acids is 1. The van der Waals surface area contributed by atoms with Gasteiger partial charge in [0, 0.05) is 26.0 Å². The van der Waals surface area contributed by atoms with E-state index >= 15 is 0 Å². The molecule has 0 radical (unpaired) electrons. The summed E-state index contributed by atoms with van der Waals surface area (Å²) in [4.78, 5) is 63.0. The molecule has 27 heavy (non-hydrogen) atoms. The molecule has 1 aromatic heterocycles. The van der Waals surface area contributed by atoms with Crippen molar-refractivity contribution in [1.82, 2.24) is 9.13 Å². The van der Waals surface area contributed by atoms with Gasteiger partial charge in [-0.15, -0.1) is 11.8 Å².